The van der Waals surface area contributed by atoms with Crippen molar-refractivity contribution in [3.63, 3.8) is 0 Å². The first-order chi connectivity index (χ1) is 8.20. The topological polar surface area (TPSA) is 57.0 Å². The molecule has 88 valence electrons. The van der Waals surface area contributed by atoms with Crippen molar-refractivity contribution < 1.29 is 9.53 Å². The molecule has 5 heteroatoms. The Hall–Kier alpha value is -2.17. The largest absolute Gasteiger partial charge is 0.497 e. The molecule has 0 aliphatic carbocycles. The maximum absolute atomic E-state index is 11.1. The summed E-state index contributed by atoms with van der Waals surface area (Å²) in [6.45, 7) is 1.55. The molecule has 0 aliphatic heterocycles. The summed E-state index contributed by atoms with van der Waals surface area (Å²) in [7, 11) is 1.62. The van der Waals surface area contributed by atoms with Gasteiger partial charge in [0.05, 0.1) is 31.1 Å². The van der Waals surface area contributed by atoms with Crippen molar-refractivity contribution in [3.8, 4) is 11.4 Å². The Labute approximate surface area is 99.0 Å². The van der Waals surface area contributed by atoms with E-state index >= 15 is 0 Å². The van der Waals surface area contributed by atoms with Crippen LogP contribution in [0.15, 0.2) is 30.5 Å². The maximum atomic E-state index is 11.1. The van der Waals surface area contributed by atoms with E-state index in [1.165, 1.54) is 0 Å². The Morgan fingerprint density at radius 1 is 1.35 bits per heavy atom. The number of methoxy groups -OCH3 is 1. The molecule has 0 fully saturated rings. The number of ether oxygens (including phenoxy) is 1. The van der Waals surface area contributed by atoms with E-state index in [2.05, 4.69) is 10.3 Å². The molecule has 2 rings (SSSR count). The summed E-state index contributed by atoms with van der Waals surface area (Å²) in [5, 5.41) is 7.79. The van der Waals surface area contributed by atoms with E-state index in [1.54, 1.807) is 24.9 Å². The number of aromatic nitrogens is 3. The number of hydrogen-bond acceptors (Lipinski definition) is 4. The van der Waals surface area contributed by atoms with Gasteiger partial charge in [0.1, 0.15) is 11.5 Å². The lowest BCUT2D eigenvalue weighted by Gasteiger charge is -2.05. The molecule has 0 aliphatic rings. The van der Waals surface area contributed by atoms with Crippen molar-refractivity contribution in [1.82, 2.24) is 15.0 Å². The highest BCUT2D eigenvalue weighted by Gasteiger charge is 2.08. The Morgan fingerprint density at radius 3 is 2.65 bits per heavy atom. The van der Waals surface area contributed by atoms with Gasteiger partial charge in [-0.05, 0) is 31.2 Å². The van der Waals surface area contributed by atoms with Crippen LogP contribution in [0.25, 0.3) is 5.69 Å². The molecular formula is C12H13N3O2. The minimum Gasteiger partial charge on any atom is -0.497 e. The fraction of sp³-hybridized carbons (Fsp3) is 0.250. The molecule has 0 radical (unpaired) electrons. The third-order valence-corrected chi connectivity index (χ3v) is 2.37. The zero-order chi connectivity index (χ0) is 12.3. The van der Waals surface area contributed by atoms with Crippen LogP contribution in [0.4, 0.5) is 0 Å². The Morgan fingerprint density at radius 2 is 2.06 bits per heavy atom. The normalized spacial score (nSPS) is 10.2. The summed E-state index contributed by atoms with van der Waals surface area (Å²) < 4.78 is 6.74. The Balaban J connectivity index is 2.32. The predicted molar refractivity (Wildman–Crippen MR) is 62.3 cm³/mol. The van der Waals surface area contributed by atoms with E-state index in [4.69, 9.17) is 4.74 Å². The maximum Gasteiger partial charge on any atom is 0.135 e. The van der Waals surface area contributed by atoms with Gasteiger partial charge in [0, 0.05) is 0 Å². The number of hydrogen-bond donors (Lipinski definition) is 0. The van der Waals surface area contributed by atoms with E-state index in [0.29, 0.717) is 6.42 Å². The molecule has 1 heterocycles. The van der Waals surface area contributed by atoms with Gasteiger partial charge in [-0.15, -0.1) is 5.10 Å². The summed E-state index contributed by atoms with van der Waals surface area (Å²) >= 11 is 0. The Kier molecular flexibility index (Phi) is 3.18. The minimum atomic E-state index is 0.0852. The zero-order valence-electron chi connectivity index (χ0n) is 9.75. The summed E-state index contributed by atoms with van der Waals surface area (Å²) in [5.41, 5.74) is 1.64. The van der Waals surface area contributed by atoms with Gasteiger partial charge >= 0.3 is 0 Å². The van der Waals surface area contributed by atoms with Gasteiger partial charge in [-0.1, -0.05) is 5.21 Å². The summed E-state index contributed by atoms with van der Waals surface area (Å²) in [5.74, 6) is 0.865. The van der Waals surface area contributed by atoms with Crippen LogP contribution >= 0.6 is 0 Å². The van der Waals surface area contributed by atoms with Gasteiger partial charge in [0.15, 0.2) is 0 Å². The average molecular weight is 231 g/mol. The number of carbonyl (C=O) groups is 1. The molecule has 0 saturated heterocycles. The average Bonchev–Trinajstić information content (AvgIpc) is 2.76. The third-order valence-electron chi connectivity index (χ3n) is 2.37. The van der Waals surface area contributed by atoms with Crippen molar-refractivity contribution in [2.45, 2.75) is 13.3 Å². The van der Waals surface area contributed by atoms with Gasteiger partial charge in [-0.2, -0.15) is 0 Å². The number of nitrogens with zero attached hydrogens (tertiary/aromatic N) is 3. The van der Waals surface area contributed by atoms with Crippen LogP contribution in [0.2, 0.25) is 0 Å². The smallest absolute Gasteiger partial charge is 0.135 e. The zero-order valence-corrected chi connectivity index (χ0v) is 9.75. The molecule has 1 aromatic carbocycles. The second-order valence-corrected chi connectivity index (χ2v) is 3.71. The second kappa shape index (κ2) is 4.78. The first-order valence-electron chi connectivity index (χ1n) is 5.24. The molecule has 0 unspecified atom stereocenters. The van der Waals surface area contributed by atoms with Crippen molar-refractivity contribution >= 4 is 5.78 Å². The van der Waals surface area contributed by atoms with Crippen LogP contribution in [-0.2, 0) is 11.2 Å². The number of benzene rings is 1. The third kappa shape index (κ3) is 2.50. The second-order valence-electron chi connectivity index (χ2n) is 3.71. The number of ketones is 1. The van der Waals surface area contributed by atoms with E-state index in [-0.39, 0.29) is 5.78 Å². The highest BCUT2D eigenvalue weighted by molar-refractivity contribution is 5.77. The number of Topliss-reactive ketones (excluding diaryl/α,β-unsaturated/α-hetero) is 1. The van der Waals surface area contributed by atoms with Crippen LogP contribution < -0.4 is 4.74 Å². The lowest BCUT2D eigenvalue weighted by atomic mass is 10.2. The lowest BCUT2D eigenvalue weighted by Crippen LogP contribution is -2.06. The molecule has 0 saturated carbocycles. The van der Waals surface area contributed by atoms with Crippen molar-refractivity contribution in [1.29, 1.82) is 0 Å². The van der Waals surface area contributed by atoms with Crippen molar-refractivity contribution in [2.75, 3.05) is 7.11 Å². The molecule has 0 atom stereocenters. The quantitative estimate of drug-likeness (QED) is 0.798. The fourth-order valence-electron chi connectivity index (χ4n) is 1.57. The lowest BCUT2D eigenvalue weighted by molar-refractivity contribution is -0.116. The van der Waals surface area contributed by atoms with Gasteiger partial charge in [0.25, 0.3) is 0 Å². The van der Waals surface area contributed by atoms with E-state index in [0.717, 1.165) is 17.1 Å². The van der Waals surface area contributed by atoms with Crippen LogP contribution in [-0.4, -0.2) is 27.9 Å². The Bertz CT molecular complexity index is 517. The summed E-state index contributed by atoms with van der Waals surface area (Å²) in [4.78, 5) is 11.1. The fourth-order valence-corrected chi connectivity index (χ4v) is 1.57. The molecule has 17 heavy (non-hydrogen) atoms. The van der Waals surface area contributed by atoms with E-state index in [9.17, 15) is 4.79 Å². The van der Waals surface area contributed by atoms with Crippen LogP contribution in [0.1, 0.15) is 12.6 Å². The first-order valence-corrected chi connectivity index (χ1v) is 5.24. The van der Waals surface area contributed by atoms with Gasteiger partial charge in [-0.3, -0.25) is 4.79 Å². The van der Waals surface area contributed by atoms with E-state index < -0.39 is 0 Å². The van der Waals surface area contributed by atoms with Crippen LogP contribution in [0, 0.1) is 0 Å². The molecule has 0 amide bonds. The number of rotatable bonds is 4. The SMILES string of the molecule is COc1ccc(-n2nncc2CC(C)=O)cc1. The minimum absolute atomic E-state index is 0.0852. The standard InChI is InChI=1S/C12H13N3O2/c1-9(16)7-11-8-13-14-15(11)10-3-5-12(17-2)6-4-10/h3-6,8H,7H2,1-2H3. The first kappa shape index (κ1) is 11.3. The monoisotopic (exact) mass is 231 g/mol. The molecule has 2 aromatic rings. The van der Waals surface area contributed by atoms with Gasteiger partial charge in [-0.25, -0.2) is 4.68 Å². The summed E-state index contributed by atoms with van der Waals surface area (Å²) in [6, 6.07) is 7.43. The molecule has 0 N–H and O–H groups in total. The molecule has 5 nitrogen and oxygen atoms in total. The molecule has 1 aromatic heterocycles. The number of carbonyl (C=O) groups excluding carboxylic acids is 1. The molecular weight excluding hydrogens is 218 g/mol. The van der Waals surface area contributed by atoms with Crippen LogP contribution in [0.3, 0.4) is 0 Å². The van der Waals surface area contributed by atoms with E-state index in [1.807, 2.05) is 24.3 Å². The van der Waals surface area contributed by atoms with Gasteiger partial charge < -0.3 is 4.74 Å². The van der Waals surface area contributed by atoms with Crippen LogP contribution in [0.5, 0.6) is 5.75 Å². The van der Waals surface area contributed by atoms with Gasteiger partial charge in [0.2, 0.25) is 0 Å². The highest BCUT2D eigenvalue weighted by Crippen LogP contribution is 2.15. The molecule has 0 bridgehead atoms. The predicted octanol–water partition coefficient (Wildman–Crippen LogP) is 1.41. The summed E-state index contributed by atoms with van der Waals surface area (Å²) in [6.07, 6.45) is 1.94. The van der Waals surface area contributed by atoms with Crippen molar-refractivity contribution in [2.24, 2.45) is 0 Å². The molecule has 0 spiro atoms. The highest BCUT2D eigenvalue weighted by atomic mass is 16.5. The van der Waals surface area contributed by atoms with Crippen molar-refractivity contribution in [3.05, 3.63) is 36.2 Å².